The van der Waals surface area contributed by atoms with Crippen LogP contribution in [0.1, 0.15) is 0 Å². The van der Waals surface area contributed by atoms with Crippen LogP contribution < -0.4 is 11.1 Å². The summed E-state index contributed by atoms with van der Waals surface area (Å²) < 4.78 is 0. The van der Waals surface area contributed by atoms with Gasteiger partial charge in [-0.05, 0) is 0 Å². The number of carbonyl (C=O) groups excluding carboxylic acids is 2. The summed E-state index contributed by atoms with van der Waals surface area (Å²) in [5.74, 6) is -1.22. The van der Waals surface area contributed by atoms with Gasteiger partial charge in [-0.2, -0.15) is 0 Å². The van der Waals surface area contributed by atoms with Crippen LogP contribution in [-0.2, 0) is 9.59 Å². The van der Waals surface area contributed by atoms with Gasteiger partial charge in [0.25, 0.3) is 5.91 Å². The van der Waals surface area contributed by atoms with Crippen LogP contribution in [-0.4, -0.2) is 25.3 Å². The van der Waals surface area contributed by atoms with Gasteiger partial charge < -0.3 is 11.1 Å². The van der Waals surface area contributed by atoms with Gasteiger partial charge in [0.1, 0.15) is 0 Å². The van der Waals surface area contributed by atoms with Crippen LogP contribution in [0.25, 0.3) is 0 Å². The summed E-state index contributed by atoms with van der Waals surface area (Å²) in [6, 6.07) is 0. The van der Waals surface area contributed by atoms with E-state index >= 15 is 0 Å². The molecule has 3 N–H and O–H groups in total. The summed E-state index contributed by atoms with van der Waals surface area (Å²) in [7, 11) is 1.38. The average Bonchev–Trinajstić information content (AvgIpc) is 1.84. The summed E-state index contributed by atoms with van der Waals surface area (Å²) in [6.45, 7) is -0.223. The molecule has 1 amide bonds. The molecule has 0 saturated carbocycles. The number of hydrogen-bond donors (Lipinski definition) is 2. The predicted molar refractivity (Wildman–Crippen MR) is 28.1 cm³/mol. The van der Waals surface area contributed by atoms with Gasteiger partial charge in [-0.25, -0.2) is 0 Å². The van der Waals surface area contributed by atoms with Gasteiger partial charge in [-0.1, -0.05) is 0 Å². The van der Waals surface area contributed by atoms with Crippen molar-refractivity contribution < 1.29 is 9.59 Å². The zero-order valence-corrected chi connectivity index (χ0v) is 4.60. The number of ketones is 1. The van der Waals surface area contributed by atoms with Crippen LogP contribution in [0.2, 0.25) is 0 Å². The molecule has 0 aliphatic carbocycles. The fourth-order valence-electron chi connectivity index (χ4n) is 0.232. The fraction of sp³-hybridized carbons (Fsp3) is 0.500. The molecule has 46 valence electrons. The largest absolute Gasteiger partial charge is 0.353 e. The number of hydrogen-bond acceptors (Lipinski definition) is 3. The lowest BCUT2D eigenvalue weighted by atomic mass is 10.4. The second kappa shape index (κ2) is 3.15. The van der Waals surface area contributed by atoms with E-state index in [1.165, 1.54) is 7.05 Å². The molecule has 4 nitrogen and oxygen atoms in total. The van der Waals surface area contributed by atoms with E-state index in [1.54, 1.807) is 0 Å². The number of nitrogens with one attached hydrogen (secondary N) is 1. The zero-order valence-electron chi connectivity index (χ0n) is 4.60. The maximum absolute atomic E-state index is 10.2. The molecule has 0 heterocycles. The highest BCUT2D eigenvalue weighted by Crippen LogP contribution is 1.63. The van der Waals surface area contributed by atoms with Gasteiger partial charge in [0.2, 0.25) is 5.78 Å². The minimum absolute atomic E-state index is 0.223. The molecule has 0 aliphatic rings. The molecule has 0 aliphatic heterocycles. The van der Waals surface area contributed by atoms with Crippen LogP contribution in [0.4, 0.5) is 0 Å². The van der Waals surface area contributed by atoms with Crippen LogP contribution in [0.15, 0.2) is 0 Å². The standard InChI is InChI=1S/C4H8N2O2/c1-6-4(8)3(7)2-5/h2,5H2,1H3,(H,6,8). The van der Waals surface area contributed by atoms with Crippen molar-refractivity contribution in [2.75, 3.05) is 13.6 Å². The predicted octanol–water partition coefficient (Wildman–Crippen LogP) is -1.74. The van der Waals surface area contributed by atoms with Crippen molar-refractivity contribution in [2.45, 2.75) is 0 Å². The number of likely N-dealkylation sites (N-methyl/N-ethyl adjacent to an activating group) is 1. The third kappa shape index (κ3) is 1.70. The normalized spacial score (nSPS) is 8.25. The molecule has 0 unspecified atom stereocenters. The van der Waals surface area contributed by atoms with E-state index in [2.05, 4.69) is 5.32 Å². The first kappa shape index (κ1) is 7.10. The molecule has 4 heteroatoms. The Morgan fingerprint density at radius 3 is 2.25 bits per heavy atom. The van der Waals surface area contributed by atoms with Crippen molar-refractivity contribution in [3.63, 3.8) is 0 Å². The van der Waals surface area contributed by atoms with Crippen LogP contribution in [0.5, 0.6) is 0 Å². The van der Waals surface area contributed by atoms with Gasteiger partial charge in [0.05, 0.1) is 6.54 Å². The first-order valence-electron chi connectivity index (χ1n) is 2.17. The van der Waals surface area contributed by atoms with E-state index in [0.29, 0.717) is 0 Å². The van der Waals surface area contributed by atoms with Crippen molar-refractivity contribution in [3.8, 4) is 0 Å². The van der Waals surface area contributed by atoms with Crippen LogP contribution in [0.3, 0.4) is 0 Å². The van der Waals surface area contributed by atoms with Crippen molar-refractivity contribution in [2.24, 2.45) is 5.73 Å². The van der Waals surface area contributed by atoms with Crippen molar-refractivity contribution in [1.82, 2.24) is 5.32 Å². The molecule has 0 aromatic heterocycles. The Labute approximate surface area is 47.0 Å². The number of amides is 1. The average molecular weight is 116 g/mol. The van der Waals surface area contributed by atoms with E-state index in [4.69, 9.17) is 5.73 Å². The van der Waals surface area contributed by atoms with E-state index in [-0.39, 0.29) is 6.54 Å². The Bertz CT molecular complexity index is 96.6. The molecule has 0 radical (unpaired) electrons. The first-order valence-corrected chi connectivity index (χ1v) is 2.17. The lowest BCUT2D eigenvalue weighted by molar-refractivity contribution is -0.136. The fourth-order valence-corrected chi connectivity index (χ4v) is 0.232. The molecular weight excluding hydrogens is 108 g/mol. The van der Waals surface area contributed by atoms with Gasteiger partial charge in [-0.15, -0.1) is 0 Å². The van der Waals surface area contributed by atoms with Gasteiger partial charge in [0, 0.05) is 7.05 Å². The SMILES string of the molecule is CNC(=O)C(=O)CN. The summed E-state index contributed by atoms with van der Waals surface area (Å²) in [5, 5.41) is 2.15. The van der Waals surface area contributed by atoms with E-state index < -0.39 is 11.7 Å². The Morgan fingerprint density at radius 1 is 1.62 bits per heavy atom. The molecule has 0 rings (SSSR count). The van der Waals surface area contributed by atoms with Crippen LogP contribution >= 0.6 is 0 Å². The zero-order chi connectivity index (χ0) is 6.57. The monoisotopic (exact) mass is 116 g/mol. The molecule has 0 bridgehead atoms. The number of carbonyl (C=O) groups is 2. The molecule has 0 aromatic carbocycles. The third-order valence-corrected chi connectivity index (χ3v) is 0.666. The van der Waals surface area contributed by atoms with Gasteiger partial charge >= 0.3 is 0 Å². The highest BCUT2D eigenvalue weighted by Gasteiger charge is 2.06. The Hall–Kier alpha value is -0.900. The van der Waals surface area contributed by atoms with Gasteiger partial charge in [0.15, 0.2) is 0 Å². The molecule has 0 saturated heterocycles. The molecule has 0 aromatic rings. The van der Waals surface area contributed by atoms with Gasteiger partial charge in [-0.3, -0.25) is 9.59 Å². The number of rotatable bonds is 2. The summed E-state index contributed by atoms with van der Waals surface area (Å²) in [4.78, 5) is 20.4. The molecular formula is C4H8N2O2. The first-order chi connectivity index (χ1) is 3.72. The van der Waals surface area contributed by atoms with Crippen LogP contribution in [0, 0.1) is 0 Å². The summed E-state index contributed by atoms with van der Waals surface area (Å²) in [5.41, 5.74) is 4.84. The van der Waals surface area contributed by atoms with Crippen molar-refractivity contribution in [1.29, 1.82) is 0 Å². The van der Waals surface area contributed by atoms with Crippen molar-refractivity contribution in [3.05, 3.63) is 0 Å². The summed E-state index contributed by atoms with van der Waals surface area (Å²) >= 11 is 0. The Balaban J connectivity index is 3.64. The Kier molecular flexibility index (Phi) is 2.79. The van der Waals surface area contributed by atoms with E-state index in [9.17, 15) is 9.59 Å². The highest BCUT2D eigenvalue weighted by atomic mass is 16.2. The smallest absolute Gasteiger partial charge is 0.288 e. The molecule has 0 spiro atoms. The molecule has 0 atom stereocenters. The van der Waals surface area contributed by atoms with E-state index in [1.807, 2.05) is 0 Å². The number of nitrogens with two attached hydrogens (primary N) is 1. The molecule has 8 heavy (non-hydrogen) atoms. The van der Waals surface area contributed by atoms with E-state index in [0.717, 1.165) is 0 Å². The minimum atomic E-state index is -0.632. The summed E-state index contributed by atoms with van der Waals surface area (Å²) in [6.07, 6.45) is 0. The molecule has 0 fully saturated rings. The Morgan fingerprint density at radius 2 is 2.12 bits per heavy atom. The quantitative estimate of drug-likeness (QED) is 0.421. The number of Topliss-reactive ketones (excluding diaryl/α,β-unsaturated/α-hetero) is 1. The minimum Gasteiger partial charge on any atom is -0.353 e. The maximum atomic E-state index is 10.2. The topological polar surface area (TPSA) is 72.2 Å². The third-order valence-electron chi connectivity index (χ3n) is 0.666. The highest BCUT2D eigenvalue weighted by molar-refractivity contribution is 6.36. The lowest BCUT2D eigenvalue weighted by Crippen LogP contribution is -2.32. The maximum Gasteiger partial charge on any atom is 0.288 e. The lowest BCUT2D eigenvalue weighted by Gasteiger charge is -1.91. The second-order valence-corrected chi connectivity index (χ2v) is 1.21. The second-order valence-electron chi connectivity index (χ2n) is 1.21. The van der Waals surface area contributed by atoms with Crippen molar-refractivity contribution >= 4 is 11.7 Å².